The molecule has 0 aliphatic carbocycles. The summed E-state index contributed by atoms with van der Waals surface area (Å²) in [5, 5.41) is 0. The van der Waals surface area contributed by atoms with Crippen LogP contribution in [-0.4, -0.2) is 17.4 Å². The zero-order valence-electron chi connectivity index (χ0n) is 8.36. The molecule has 0 bridgehead atoms. The monoisotopic (exact) mass is 195 g/mol. The summed E-state index contributed by atoms with van der Waals surface area (Å²) in [7, 11) is 0. The third-order valence-corrected chi connectivity index (χ3v) is 3.31. The molecule has 0 saturated carbocycles. The van der Waals surface area contributed by atoms with Gasteiger partial charge < -0.3 is 0 Å². The van der Waals surface area contributed by atoms with Crippen LogP contribution in [0.1, 0.15) is 19.4 Å². The summed E-state index contributed by atoms with van der Waals surface area (Å²) in [4.78, 5) is 0. The average Bonchev–Trinajstić information content (AvgIpc) is 2.21. The van der Waals surface area contributed by atoms with Crippen molar-refractivity contribution in [3.63, 3.8) is 0 Å². The Labute approximate surface area is 85.3 Å². The third kappa shape index (κ3) is 3.83. The maximum atomic E-state index is 2.37. The summed E-state index contributed by atoms with van der Waals surface area (Å²) in [5.74, 6) is 1.09. The number of hydrogen-bond donors (Lipinski definition) is 0. The van der Waals surface area contributed by atoms with Crippen LogP contribution >= 0.6 is 11.9 Å². The van der Waals surface area contributed by atoms with E-state index in [1.165, 1.54) is 5.56 Å². The Hall–Kier alpha value is -0.470. The van der Waals surface area contributed by atoms with E-state index in [9.17, 15) is 0 Å². The van der Waals surface area contributed by atoms with Crippen LogP contribution in [0.25, 0.3) is 0 Å². The highest BCUT2D eigenvalue weighted by atomic mass is 32.2. The van der Waals surface area contributed by atoms with E-state index in [1.54, 1.807) is 0 Å². The van der Waals surface area contributed by atoms with Gasteiger partial charge in [-0.1, -0.05) is 56.1 Å². The van der Waals surface area contributed by atoms with Crippen molar-refractivity contribution >= 4 is 11.9 Å². The first-order chi connectivity index (χ1) is 6.36. The van der Waals surface area contributed by atoms with Crippen molar-refractivity contribution in [2.24, 2.45) is 0 Å². The number of rotatable bonds is 5. The number of nitrogens with zero attached hydrogens (tertiary/aromatic N) is 1. The van der Waals surface area contributed by atoms with Gasteiger partial charge in [0.05, 0.1) is 0 Å². The summed E-state index contributed by atoms with van der Waals surface area (Å²) in [6.07, 6.45) is 0. The molecule has 72 valence electrons. The topological polar surface area (TPSA) is 3.24 Å². The van der Waals surface area contributed by atoms with Gasteiger partial charge in [-0.25, -0.2) is 0 Å². The Balaban J connectivity index is 2.34. The van der Waals surface area contributed by atoms with Gasteiger partial charge in [-0.3, -0.25) is 4.31 Å². The van der Waals surface area contributed by atoms with Crippen LogP contribution in [0.4, 0.5) is 0 Å². The van der Waals surface area contributed by atoms with Crippen molar-refractivity contribution in [3.05, 3.63) is 35.9 Å². The van der Waals surface area contributed by atoms with E-state index in [0.29, 0.717) is 0 Å². The Morgan fingerprint density at radius 3 is 2.23 bits per heavy atom. The molecular weight excluding hydrogens is 178 g/mol. The summed E-state index contributed by atoms with van der Waals surface area (Å²) >= 11 is 1.91. The Kier molecular flexibility index (Phi) is 4.94. The molecule has 13 heavy (non-hydrogen) atoms. The predicted octanol–water partition coefficient (Wildman–Crippen LogP) is 3.18. The van der Waals surface area contributed by atoms with Crippen molar-refractivity contribution in [2.75, 3.05) is 13.1 Å². The molecular formula is C11H17NS. The van der Waals surface area contributed by atoms with Gasteiger partial charge in [0.2, 0.25) is 0 Å². The van der Waals surface area contributed by atoms with Crippen LogP contribution in [0.2, 0.25) is 0 Å². The van der Waals surface area contributed by atoms with Crippen molar-refractivity contribution in [2.45, 2.75) is 19.6 Å². The van der Waals surface area contributed by atoms with Crippen LogP contribution < -0.4 is 0 Å². The lowest BCUT2D eigenvalue weighted by molar-refractivity contribution is 0.524. The molecule has 0 aromatic heterocycles. The van der Waals surface area contributed by atoms with Gasteiger partial charge in [0.15, 0.2) is 0 Å². The molecule has 0 aliphatic heterocycles. The van der Waals surface area contributed by atoms with E-state index in [0.717, 1.165) is 18.8 Å². The lowest BCUT2D eigenvalue weighted by Crippen LogP contribution is -2.13. The quantitative estimate of drug-likeness (QED) is 0.664. The Morgan fingerprint density at radius 2 is 1.69 bits per heavy atom. The van der Waals surface area contributed by atoms with Crippen LogP contribution in [-0.2, 0) is 5.75 Å². The number of hydrogen-bond acceptors (Lipinski definition) is 2. The third-order valence-electron chi connectivity index (χ3n) is 1.96. The first-order valence-corrected chi connectivity index (χ1v) is 5.72. The molecule has 1 aromatic rings. The zero-order valence-corrected chi connectivity index (χ0v) is 9.18. The lowest BCUT2D eigenvalue weighted by atomic mass is 10.2. The van der Waals surface area contributed by atoms with E-state index < -0.39 is 0 Å². The molecule has 0 heterocycles. The normalized spacial score (nSPS) is 10.7. The van der Waals surface area contributed by atoms with Gasteiger partial charge in [-0.2, -0.15) is 0 Å². The van der Waals surface area contributed by atoms with Crippen LogP contribution in [0.3, 0.4) is 0 Å². The fraction of sp³-hybridized carbons (Fsp3) is 0.455. The molecule has 1 nitrogen and oxygen atoms in total. The van der Waals surface area contributed by atoms with E-state index in [-0.39, 0.29) is 0 Å². The highest BCUT2D eigenvalue weighted by Crippen LogP contribution is 2.15. The van der Waals surface area contributed by atoms with Crippen molar-refractivity contribution in [1.82, 2.24) is 4.31 Å². The van der Waals surface area contributed by atoms with Gasteiger partial charge in [-0.15, -0.1) is 0 Å². The molecule has 0 spiro atoms. The second kappa shape index (κ2) is 6.06. The smallest absolute Gasteiger partial charge is 0.0332 e. The largest absolute Gasteiger partial charge is 0.251 e. The summed E-state index contributed by atoms with van der Waals surface area (Å²) in [6.45, 7) is 6.63. The second-order valence-electron chi connectivity index (χ2n) is 2.87. The minimum Gasteiger partial charge on any atom is -0.251 e. The molecule has 1 rings (SSSR count). The zero-order chi connectivity index (χ0) is 9.52. The molecule has 0 amide bonds. The van der Waals surface area contributed by atoms with Gasteiger partial charge in [0.25, 0.3) is 0 Å². The van der Waals surface area contributed by atoms with Gasteiger partial charge in [0.1, 0.15) is 0 Å². The SMILES string of the molecule is CCN(CC)SCc1ccccc1. The summed E-state index contributed by atoms with van der Waals surface area (Å²) in [6, 6.07) is 10.6. The molecule has 0 unspecified atom stereocenters. The Morgan fingerprint density at radius 1 is 1.08 bits per heavy atom. The summed E-state index contributed by atoms with van der Waals surface area (Å²) in [5.41, 5.74) is 1.40. The number of benzene rings is 1. The highest BCUT2D eigenvalue weighted by molar-refractivity contribution is 7.96. The predicted molar refractivity (Wildman–Crippen MR) is 60.7 cm³/mol. The molecule has 0 aliphatic rings. The van der Waals surface area contributed by atoms with Gasteiger partial charge in [-0.05, 0) is 5.56 Å². The van der Waals surface area contributed by atoms with E-state index in [4.69, 9.17) is 0 Å². The molecule has 0 saturated heterocycles. The molecule has 2 heteroatoms. The van der Waals surface area contributed by atoms with E-state index in [1.807, 2.05) is 11.9 Å². The first-order valence-electron chi connectivity index (χ1n) is 4.78. The Bertz CT molecular complexity index is 219. The van der Waals surface area contributed by atoms with Crippen molar-refractivity contribution in [1.29, 1.82) is 0 Å². The van der Waals surface area contributed by atoms with Crippen molar-refractivity contribution in [3.8, 4) is 0 Å². The molecule has 1 aromatic carbocycles. The minimum absolute atomic E-state index is 1.09. The first kappa shape index (κ1) is 10.6. The maximum absolute atomic E-state index is 2.37. The molecule has 0 radical (unpaired) electrons. The van der Waals surface area contributed by atoms with Crippen molar-refractivity contribution < 1.29 is 0 Å². The summed E-state index contributed by atoms with van der Waals surface area (Å²) < 4.78 is 2.37. The van der Waals surface area contributed by atoms with Crippen LogP contribution in [0, 0.1) is 0 Å². The maximum Gasteiger partial charge on any atom is 0.0332 e. The minimum atomic E-state index is 1.09. The highest BCUT2D eigenvalue weighted by Gasteiger charge is 1.99. The van der Waals surface area contributed by atoms with Gasteiger partial charge in [0, 0.05) is 18.8 Å². The fourth-order valence-corrected chi connectivity index (χ4v) is 2.04. The standard InChI is InChI=1S/C11H17NS/c1-3-12(4-2)13-10-11-8-6-5-7-9-11/h5-9H,3-4,10H2,1-2H3. The van der Waals surface area contributed by atoms with Crippen LogP contribution in [0.5, 0.6) is 0 Å². The molecule has 0 atom stereocenters. The second-order valence-corrected chi connectivity index (χ2v) is 3.94. The lowest BCUT2D eigenvalue weighted by Gasteiger charge is -2.16. The van der Waals surface area contributed by atoms with Crippen LogP contribution in [0.15, 0.2) is 30.3 Å². The molecule has 0 fully saturated rings. The van der Waals surface area contributed by atoms with E-state index >= 15 is 0 Å². The fourth-order valence-electron chi connectivity index (χ4n) is 1.15. The molecule has 0 N–H and O–H groups in total. The average molecular weight is 195 g/mol. The van der Waals surface area contributed by atoms with E-state index in [2.05, 4.69) is 48.5 Å². The van der Waals surface area contributed by atoms with Gasteiger partial charge >= 0.3 is 0 Å².